The van der Waals surface area contributed by atoms with Crippen LogP contribution in [-0.4, -0.2) is 22.8 Å². The summed E-state index contributed by atoms with van der Waals surface area (Å²) in [5.41, 5.74) is 6.16. The molecular weight excluding hydrogens is 206 g/mol. The summed E-state index contributed by atoms with van der Waals surface area (Å²) in [7, 11) is 0. The zero-order valence-electron chi connectivity index (χ0n) is 9.24. The van der Waals surface area contributed by atoms with Crippen LogP contribution in [0.5, 0.6) is 0 Å². The van der Waals surface area contributed by atoms with E-state index in [0.29, 0.717) is 18.2 Å². The fourth-order valence-electron chi connectivity index (χ4n) is 2.08. The van der Waals surface area contributed by atoms with E-state index < -0.39 is 5.97 Å². The highest BCUT2D eigenvalue weighted by atomic mass is 16.5. The lowest BCUT2D eigenvalue weighted by Crippen LogP contribution is -2.17. The summed E-state index contributed by atoms with van der Waals surface area (Å²) in [4.78, 5) is 11.6. The van der Waals surface area contributed by atoms with Crippen LogP contribution in [0.15, 0.2) is 6.20 Å². The molecule has 1 saturated carbocycles. The van der Waals surface area contributed by atoms with Gasteiger partial charge in [-0.1, -0.05) is 19.3 Å². The smallest absolute Gasteiger partial charge is 0.358 e. The number of nitrogens with zero attached hydrogens (tertiary/aromatic N) is 1. The number of carbonyl (C=O) groups excluding carboxylic acids is 1. The molecule has 3 N–H and O–H groups in total. The highest BCUT2D eigenvalue weighted by Crippen LogP contribution is 2.24. The van der Waals surface area contributed by atoms with Gasteiger partial charge in [-0.25, -0.2) is 4.79 Å². The number of esters is 1. The lowest BCUT2D eigenvalue weighted by Gasteiger charge is -2.20. The number of carbonyl (C=O) groups is 1. The van der Waals surface area contributed by atoms with E-state index in [2.05, 4.69) is 10.2 Å². The molecule has 88 valence electrons. The van der Waals surface area contributed by atoms with Crippen molar-refractivity contribution in [2.45, 2.75) is 32.1 Å². The van der Waals surface area contributed by atoms with Crippen LogP contribution in [0.25, 0.3) is 0 Å². The third kappa shape index (κ3) is 2.53. The predicted octanol–water partition coefficient (Wildman–Crippen LogP) is 1.73. The number of ether oxygens (including phenoxy) is 1. The van der Waals surface area contributed by atoms with Crippen molar-refractivity contribution in [1.82, 2.24) is 10.2 Å². The molecule has 1 heterocycles. The molecule has 0 spiro atoms. The van der Waals surface area contributed by atoms with Crippen LogP contribution < -0.4 is 5.73 Å². The van der Waals surface area contributed by atoms with E-state index in [9.17, 15) is 4.79 Å². The predicted molar refractivity (Wildman–Crippen MR) is 59.9 cm³/mol. The fraction of sp³-hybridized carbons (Fsp3) is 0.636. The highest BCUT2D eigenvalue weighted by molar-refractivity contribution is 5.92. The number of aromatic amines is 1. The molecule has 0 unspecified atom stereocenters. The monoisotopic (exact) mass is 223 g/mol. The molecule has 16 heavy (non-hydrogen) atoms. The van der Waals surface area contributed by atoms with Crippen molar-refractivity contribution in [3.63, 3.8) is 0 Å². The van der Waals surface area contributed by atoms with Gasteiger partial charge in [-0.05, 0) is 18.8 Å². The lowest BCUT2D eigenvalue weighted by atomic mass is 9.90. The second kappa shape index (κ2) is 5.01. The minimum atomic E-state index is -0.402. The molecule has 1 aromatic heterocycles. The van der Waals surface area contributed by atoms with Crippen molar-refractivity contribution in [2.24, 2.45) is 5.92 Å². The maximum absolute atomic E-state index is 11.6. The van der Waals surface area contributed by atoms with E-state index in [0.717, 1.165) is 12.8 Å². The minimum absolute atomic E-state index is 0.260. The Morgan fingerprint density at radius 3 is 2.88 bits per heavy atom. The van der Waals surface area contributed by atoms with Gasteiger partial charge in [-0.15, -0.1) is 0 Å². The Hall–Kier alpha value is -1.52. The second-order valence-electron chi connectivity index (χ2n) is 4.30. The van der Waals surface area contributed by atoms with Crippen LogP contribution in [0.4, 0.5) is 5.69 Å². The summed E-state index contributed by atoms with van der Waals surface area (Å²) in [6.45, 7) is 0.497. The molecule has 0 aromatic carbocycles. The number of hydrogen-bond acceptors (Lipinski definition) is 4. The quantitative estimate of drug-likeness (QED) is 0.764. The molecule has 5 nitrogen and oxygen atoms in total. The summed E-state index contributed by atoms with van der Waals surface area (Å²) in [5, 5.41) is 6.23. The summed E-state index contributed by atoms with van der Waals surface area (Å²) in [5.74, 6) is 0.113. The average molecular weight is 223 g/mol. The molecule has 2 rings (SSSR count). The molecule has 1 aromatic rings. The normalized spacial score (nSPS) is 17.2. The molecule has 0 radical (unpaired) electrons. The van der Waals surface area contributed by atoms with Gasteiger partial charge in [0.15, 0.2) is 5.69 Å². The Morgan fingerprint density at radius 2 is 2.25 bits per heavy atom. The van der Waals surface area contributed by atoms with E-state index in [4.69, 9.17) is 10.5 Å². The Bertz CT molecular complexity index is 356. The molecule has 0 bridgehead atoms. The van der Waals surface area contributed by atoms with Crippen molar-refractivity contribution < 1.29 is 9.53 Å². The van der Waals surface area contributed by atoms with Crippen LogP contribution in [0.1, 0.15) is 42.6 Å². The largest absolute Gasteiger partial charge is 0.461 e. The Morgan fingerprint density at radius 1 is 1.50 bits per heavy atom. The maximum Gasteiger partial charge on any atom is 0.358 e. The summed E-state index contributed by atoms with van der Waals surface area (Å²) >= 11 is 0. The number of nitrogen functional groups attached to an aromatic ring is 1. The lowest BCUT2D eigenvalue weighted by molar-refractivity contribution is 0.0404. The van der Waals surface area contributed by atoms with Crippen LogP contribution in [0, 0.1) is 5.92 Å². The highest BCUT2D eigenvalue weighted by Gasteiger charge is 2.18. The van der Waals surface area contributed by atoms with Gasteiger partial charge in [-0.2, -0.15) is 5.10 Å². The van der Waals surface area contributed by atoms with Crippen LogP contribution >= 0.6 is 0 Å². The number of aromatic nitrogens is 2. The topological polar surface area (TPSA) is 81.0 Å². The SMILES string of the molecule is Nc1cn[nH]c1C(=O)OCC1CCCCC1. The molecule has 1 aliphatic rings. The Kier molecular flexibility index (Phi) is 3.44. The Labute approximate surface area is 94.4 Å². The van der Waals surface area contributed by atoms with Crippen molar-refractivity contribution in [1.29, 1.82) is 0 Å². The van der Waals surface area contributed by atoms with Gasteiger partial charge < -0.3 is 10.5 Å². The third-order valence-corrected chi connectivity index (χ3v) is 3.05. The number of anilines is 1. The summed E-state index contributed by atoms with van der Waals surface area (Å²) in [6, 6.07) is 0. The molecule has 0 amide bonds. The van der Waals surface area contributed by atoms with E-state index in [1.54, 1.807) is 0 Å². The molecule has 0 atom stereocenters. The van der Waals surface area contributed by atoms with E-state index in [1.807, 2.05) is 0 Å². The van der Waals surface area contributed by atoms with Crippen molar-refractivity contribution in [3.8, 4) is 0 Å². The van der Waals surface area contributed by atoms with Crippen LogP contribution in [0.2, 0.25) is 0 Å². The van der Waals surface area contributed by atoms with E-state index in [1.165, 1.54) is 25.5 Å². The number of rotatable bonds is 3. The zero-order chi connectivity index (χ0) is 11.4. The van der Waals surface area contributed by atoms with Gasteiger partial charge in [0, 0.05) is 0 Å². The average Bonchev–Trinajstić information content (AvgIpc) is 2.74. The second-order valence-corrected chi connectivity index (χ2v) is 4.30. The maximum atomic E-state index is 11.6. The molecule has 0 saturated heterocycles. The number of H-pyrrole nitrogens is 1. The van der Waals surface area contributed by atoms with Crippen molar-refractivity contribution >= 4 is 11.7 Å². The van der Waals surface area contributed by atoms with Gasteiger partial charge in [-0.3, -0.25) is 5.10 Å². The van der Waals surface area contributed by atoms with Crippen LogP contribution in [-0.2, 0) is 4.74 Å². The fourth-order valence-corrected chi connectivity index (χ4v) is 2.08. The first-order valence-electron chi connectivity index (χ1n) is 5.73. The van der Waals surface area contributed by atoms with Gasteiger partial charge >= 0.3 is 5.97 Å². The van der Waals surface area contributed by atoms with Gasteiger partial charge in [0.05, 0.1) is 18.5 Å². The molecular formula is C11H17N3O2. The zero-order valence-corrected chi connectivity index (χ0v) is 9.24. The summed E-state index contributed by atoms with van der Waals surface area (Å²) in [6.07, 6.45) is 7.52. The first kappa shape index (κ1) is 11.0. The molecule has 5 heteroatoms. The Balaban J connectivity index is 1.81. The first-order chi connectivity index (χ1) is 7.77. The van der Waals surface area contributed by atoms with Gasteiger partial charge in [0.1, 0.15) is 0 Å². The van der Waals surface area contributed by atoms with Crippen LogP contribution in [0.3, 0.4) is 0 Å². The van der Waals surface area contributed by atoms with Crippen molar-refractivity contribution in [2.75, 3.05) is 12.3 Å². The van der Waals surface area contributed by atoms with Gasteiger partial charge in [0.25, 0.3) is 0 Å². The third-order valence-electron chi connectivity index (χ3n) is 3.05. The van der Waals surface area contributed by atoms with E-state index in [-0.39, 0.29) is 5.69 Å². The molecule has 1 aliphatic carbocycles. The standard InChI is InChI=1S/C11H17N3O2/c12-9-6-13-14-10(9)11(15)16-7-8-4-2-1-3-5-8/h6,8H,1-5,7,12H2,(H,13,14). The number of hydrogen-bond donors (Lipinski definition) is 2. The van der Waals surface area contributed by atoms with E-state index >= 15 is 0 Å². The van der Waals surface area contributed by atoms with Crippen molar-refractivity contribution in [3.05, 3.63) is 11.9 Å². The number of nitrogens with one attached hydrogen (secondary N) is 1. The molecule has 0 aliphatic heterocycles. The minimum Gasteiger partial charge on any atom is -0.461 e. The first-order valence-corrected chi connectivity index (χ1v) is 5.73. The van der Waals surface area contributed by atoms with Gasteiger partial charge in [0.2, 0.25) is 0 Å². The molecule has 1 fully saturated rings. The summed E-state index contributed by atoms with van der Waals surface area (Å²) < 4.78 is 5.22. The number of nitrogens with two attached hydrogens (primary N) is 1.